The topological polar surface area (TPSA) is 37.4 Å². The zero-order valence-corrected chi connectivity index (χ0v) is 11.4. The Hall–Kier alpha value is -1.13. The second-order valence-corrected chi connectivity index (χ2v) is 4.78. The van der Waals surface area contributed by atoms with E-state index in [0.717, 1.165) is 50.4 Å². The summed E-state index contributed by atoms with van der Waals surface area (Å²) < 4.78 is 5.39. The van der Waals surface area contributed by atoms with Crippen molar-refractivity contribution in [2.24, 2.45) is 0 Å². The van der Waals surface area contributed by atoms with Crippen LogP contribution in [-0.4, -0.2) is 42.7 Å². The zero-order chi connectivity index (χ0) is 12.8. The van der Waals surface area contributed by atoms with Crippen molar-refractivity contribution in [3.8, 4) is 0 Å². The molecule has 2 heterocycles. The van der Waals surface area contributed by atoms with Gasteiger partial charge in [0.2, 0.25) is 0 Å². The maximum Gasteiger partial charge on any atom is 0.0595 e. The van der Waals surface area contributed by atoms with Gasteiger partial charge in [0, 0.05) is 45.2 Å². The van der Waals surface area contributed by atoms with Crippen LogP contribution in [0.3, 0.4) is 0 Å². The number of pyridine rings is 1. The Morgan fingerprint density at radius 1 is 1.44 bits per heavy atom. The fourth-order valence-electron chi connectivity index (χ4n) is 2.41. The molecule has 0 aliphatic carbocycles. The second kappa shape index (κ2) is 6.71. The molecule has 0 atom stereocenters. The Kier molecular flexibility index (Phi) is 4.96. The Balaban J connectivity index is 1.87. The summed E-state index contributed by atoms with van der Waals surface area (Å²) >= 11 is 0. The van der Waals surface area contributed by atoms with Crippen LogP contribution in [0.15, 0.2) is 18.3 Å². The van der Waals surface area contributed by atoms with Gasteiger partial charge in [-0.3, -0.25) is 9.88 Å². The van der Waals surface area contributed by atoms with Crippen molar-refractivity contribution in [1.82, 2.24) is 9.88 Å². The van der Waals surface area contributed by atoms with Gasteiger partial charge in [0.25, 0.3) is 0 Å². The average molecular weight is 249 g/mol. The third kappa shape index (κ3) is 3.68. The molecule has 1 aliphatic rings. The summed E-state index contributed by atoms with van der Waals surface area (Å²) in [5.74, 6) is 0. The van der Waals surface area contributed by atoms with Crippen LogP contribution in [0.1, 0.15) is 25.5 Å². The lowest BCUT2D eigenvalue weighted by Gasteiger charge is -2.30. The predicted molar refractivity (Wildman–Crippen MR) is 73.7 cm³/mol. The van der Waals surface area contributed by atoms with Gasteiger partial charge in [-0.1, -0.05) is 0 Å². The quantitative estimate of drug-likeness (QED) is 0.867. The first kappa shape index (κ1) is 13.3. The van der Waals surface area contributed by atoms with Crippen molar-refractivity contribution in [1.29, 1.82) is 0 Å². The largest absolute Gasteiger partial charge is 0.385 e. The van der Waals surface area contributed by atoms with E-state index in [0.29, 0.717) is 6.10 Å². The van der Waals surface area contributed by atoms with Gasteiger partial charge in [-0.25, -0.2) is 0 Å². The predicted octanol–water partition coefficient (Wildman–Crippen LogP) is 2.12. The smallest absolute Gasteiger partial charge is 0.0595 e. The molecule has 0 saturated carbocycles. The van der Waals surface area contributed by atoms with E-state index >= 15 is 0 Å². The molecule has 1 N–H and O–H groups in total. The van der Waals surface area contributed by atoms with Gasteiger partial charge in [-0.2, -0.15) is 0 Å². The van der Waals surface area contributed by atoms with E-state index in [1.54, 1.807) is 0 Å². The third-order valence-corrected chi connectivity index (χ3v) is 3.45. The van der Waals surface area contributed by atoms with Gasteiger partial charge in [0.1, 0.15) is 0 Å². The molecular formula is C14H23N3O. The summed E-state index contributed by atoms with van der Waals surface area (Å²) in [6, 6.07) is 4.16. The number of rotatable bonds is 5. The molecule has 4 heteroatoms. The molecule has 100 valence electrons. The first-order chi connectivity index (χ1) is 8.81. The summed E-state index contributed by atoms with van der Waals surface area (Å²) in [5.41, 5.74) is 2.30. The van der Waals surface area contributed by atoms with Crippen LogP contribution in [0.2, 0.25) is 0 Å². The van der Waals surface area contributed by atoms with Crippen molar-refractivity contribution >= 4 is 5.69 Å². The fraction of sp³-hybridized carbons (Fsp3) is 0.643. The zero-order valence-electron chi connectivity index (χ0n) is 11.4. The molecule has 1 saturated heterocycles. The van der Waals surface area contributed by atoms with E-state index in [4.69, 9.17) is 4.74 Å². The number of anilines is 1. The van der Waals surface area contributed by atoms with E-state index in [1.807, 2.05) is 19.4 Å². The number of aromatic nitrogens is 1. The minimum Gasteiger partial charge on any atom is -0.385 e. The average Bonchev–Trinajstić information content (AvgIpc) is 2.40. The number of nitrogens with zero attached hydrogens (tertiary/aromatic N) is 2. The fourth-order valence-corrected chi connectivity index (χ4v) is 2.41. The summed E-state index contributed by atoms with van der Waals surface area (Å²) in [6.45, 7) is 6.20. The normalized spacial score (nSPS) is 17.9. The second-order valence-electron chi connectivity index (χ2n) is 4.78. The highest BCUT2D eigenvalue weighted by molar-refractivity contribution is 5.42. The first-order valence-electron chi connectivity index (χ1n) is 6.75. The highest BCUT2D eigenvalue weighted by Gasteiger charge is 2.18. The van der Waals surface area contributed by atoms with Crippen LogP contribution in [-0.2, 0) is 11.3 Å². The Bertz CT molecular complexity index is 362. The number of hydrogen-bond donors (Lipinski definition) is 1. The number of hydrogen-bond acceptors (Lipinski definition) is 4. The van der Waals surface area contributed by atoms with Crippen molar-refractivity contribution in [2.75, 3.05) is 32.1 Å². The maximum atomic E-state index is 5.39. The minimum atomic E-state index is 0.447. The molecule has 0 radical (unpaired) electrons. The molecule has 1 aliphatic heterocycles. The Morgan fingerprint density at radius 3 is 2.89 bits per heavy atom. The molecule has 0 unspecified atom stereocenters. The van der Waals surface area contributed by atoms with E-state index in [2.05, 4.69) is 28.2 Å². The van der Waals surface area contributed by atoms with Crippen molar-refractivity contribution in [2.45, 2.75) is 32.4 Å². The van der Waals surface area contributed by atoms with Crippen molar-refractivity contribution < 1.29 is 4.74 Å². The number of nitrogens with one attached hydrogen (secondary N) is 1. The molecule has 1 aromatic heterocycles. The Morgan fingerprint density at radius 2 is 2.22 bits per heavy atom. The van der Waals surface area contributed by atoms with Crippen LogP contribution >= 0.6 is 0 Å². The summed E-state index contributed by atoms with van der Waals surface area (Å²) in [6.07, 6.45) is 4.59. The molecular weight excluding hydrogens is 226 g/mol. The lowest BCUT2D eigenvalue weighted by Crippen LogP contribution is -2.36. The van der Waals surface area contributed by atoms with E-state index in [1.165, 1.54) is 0 Å². The standard InChI is InChI=1S/C14H23N3O/c1-3-15-12-4-7-16-13(10-12)11-17-8-5-14(18-2)6-9-17/h4,7,10,14H,3,5-6,8-9,11H2,1-2H3,(H,15,16). The van der Waals surface area contributed by atoms with Crippen LogP contribution in [0, 0.1) is 0 Å². The SMILES string of the molecule is CCNc1ccnc(CN2CCC(OC)CC2)c1. The lowest BCUT2D eigenvalue weighted by molar-refractivity contribution is 0.0385. The van der Waals surface area contributed by atoms with Crippen LogP contribution < -0.4 is 5.32 Å². The third-order valence-electron chi connectivity index (χ3n) is 3.45. The molecule has 0 spiro atoms. The lowest BCUT2D eigenvalue weighted by atomic mass is 10.1. The van der Waals surface area contributed by atoms with Gasteiger partial charge in [0.15, 0.2) is 0 Å². The van der Waals surface area contributed by atoms with E-state index in [9.17, 15) is 0 Å². The monoisotopic (exact) mass is 249 g/mol. The molecule has 0 aromatic carbocycles. The van der Waals surface area contributed by atoms with E-state index < -0.39 is 0 Å². The van der Waals surface area contributed by atoms with Crippen LogP contribution in [0.25, 0.3) is 0 Å². The van der Waals surface area contributed by atoms with Gasteiger partial charge in [-0.15, -0.1) is 0 Å². The van der Waals surface area contributed by atoms with Crippen molar-refractivity contribution in [3.05, 3.63) is 24.0 Å². The van der Waals surface area contributed by atoms with Crippen LogP contribution in [0.5, 0.6) is 0 Å². The molecule has 1 aromatic rings. The highest BCUT2D eigenvalue weighted by Crippen LogP contribution is 2.16. The molecule has 0 bridgehead atoms. The minimum absolute atomic E-state index is 0.447. The highest BCUT2D eigenvalue weighted by atomic mass is 16.5. The van der Waals surface area contributed by atoms with E-state index in [-0.39, 0.29) is 0 Å². The summed E-state index contributed by atoms with van der Waals surface area (Å²) in [5, 5.41) is 3.32. The van der Waals surface area contributed by atoms with Gasteiger partial charge >= 0.3 is 0 Å². The number of piperidine rings is 1. The summed E-state index contributed by atoms with van der Waals surface area (Å²) in [4.78, 5) is 6.89. The maximum absolute atomic E-state index is 5.39. The molecule has 2 rings (SSSR count). The number of likely N-dealkylation sites (tertiary alicyclic amines) is 1. The van der Waals surface area contributed by atoms with Gasteiger partial charge in [-0.05, 0) is 31.9 Å². The van der Waals surface area contributed by atoms with Gasteiger partial charge < -0.3 is 10.1 Å². The van der Waals surface area contributed by atoms with Crippen molar-refractivity contribution in [3.63, 3.8) is 0 Å². The number of ether oxygens (including phenoxy) is 1. The summed E-state index contributed by atoms with van der Waals surface area (Å²) in [7, 11) is 1.81. The number of methoxy groups -OCH3 is 1. The molecule has 18 heavy (non-hydrogen) atoms. The van der Waals surface area contributed by atoms with Crippen LogP contribution in [0.4, 0.5) is 5.69 Å². The van der Waals surface area contributed by atoms with Gasteiger partial charge in [0.05, 0.1) is 11.8 Å². The first-order valence-corrected chi connectivity index (χ1v) is 6.75. The Labute approximate surface area is 109 Å². The molecule has 4 nitrogen and oxygen atoms in total. The molecule has 1 fully saturated rings. The molecule has 0 amide bonds.